The number of anilines is 1. The predicted molar refractivity (Wildman–Crippen MR) is 120 cm³/mol. The monoisotopic (exact) mass is 468 g/mol. The predicted octanol–water partition coefficient (Wildman–Crippen LogP) is 1.93. The summed E-state index contributed by atoms with van der Waals surface area (Å²) in [5.74, 6) is -0.302. The highest BCUT2D eigenvalue weighted by molar-refractivity contribution is 7.89. The van der Waals surface area contributed by atoms with Crippen molar-refractivity contribution in [2.75, 3.05) is 18.5 Å². The van der Waals surface area contributed by atoms with Crippen LogP contribution in [0.15, 0.2) is 59.6 Å². The molecule has 10 heteroatoms. The number of rotatable bonds is 5. The van der Waals surface area contributed by atoms with Crippen molar-refractivity contribution in [1.82, 2.24) is 14.1 Å². The van der Waals surface area contributed by atoms with Crippen LogP contribution >= 0.6 is 0 Å². The maximum absolute atomic E-state index is 13.2. The smallest absolute Gasteiger partial charge is 0.283 e. The van der Waals surface area contributed by atoms with E-state index in [1.807, 2.05) is 30.3 Å². The van der Waals surface area contributed by atoms with Crippen LogP contribution in [0, 0.1) is 0 Å². The van der Waals surface area contributed by atoms with E-state index in [-0.39, 0.29) is 23.9 Å². The number of aromatic nitrogens is 2. The highest BCUT2D eigenvalue weighted by Gasteiger charge is 2.35. The maximum Gasteiger partial charge on any atom is 0.283 e. The van der Waals surface area contributed by atoms with E-state index >= 15 is 0 Å². The molecule has 0 spiro atoms. The van der Waals surface area contributed by atoms with E-state index in [9.17, 15) is 18.3 Å². The number of amides is 1. The number of carbonyl (C=O) groups is 1. The van der Waals surface area contributed by atoms with Crippen molar-refractivity contribution in [2.24, 2.45) is 0 Å². The molecule has 2 N–H and O–H groups in total. The number of aliphatic hydroxyl groups is 1. The Morgan fingerprint density at radius 2 is 1.97 bits per heavy atom. The van der Waals surface area contributed by atoms with E-state index in [2.05, 4.69) is 10.4 Å². The van der Waals surface area contributed by atoms with Gasteiger partial charge in [0.25, 0.3) is 10.0 Å². The van der Waals surface area contributed by atoms with Crippen molar-refractivity contribution in [3.8, 4) is 5.75 Å². The Labute approximate surface area is 191 Å². The minimum atomic E-state index is -3.89. The van der Waals surface area contributed by atoms with Gasteiger partial charge in [-0.15, -0.1) is 0 Å². The molecule has 0 bridgehead atoms. The summed E-state index contributed by atoms with van der Waals surface area (Å²) < 4.78 is 32.8. The molecule has 0 unspecified atom stereocenters. The van der Waals surface area contributed by atoms with Gasteiger partial charge in [-0.2, -0.15) is 17.6 Å². The zero-order valence-electron chi connectivity index (χ0n) is 18.0. The molecule has 2 atom stereocenters. The summed E-state index contributed by atoms with van der Waals surface area (Å²) >= 11 is 0. The molecule has 33 heavy (non-hydrogen) atoms. The number of benzene rings is 2. The summed E-state index contributed by atoms with van der Waals surface area (Å²) in [5, 5.41) is 17.7. The largest absolute Gasteiger partial charge is 0.490 e. The normalized spacial score (nSPS) is 16.8. The van der Waals surface area contributed by atoms with Crippen molar-refractivity contribution in [2.45, 2.75) is 36.9 Å². The Balaban J connectivity index is 1.37. The van der Waals surface area contributed by atoms with Crippen LogP contribution in [-0.4, -0.2) is 52.8 Å². The van der Waals surface area contributed by atoms with Gasteiger partial charge in [-0.05, 0) is 30.7 Å². The highest BCUT2D eigenvalue weighted by atomic mass is 32.2. The molecule has 0 saturated carbocycles. The highest BCUT2D eigenvalue weighted by Crippen LogP contribution is 2.32. The number of fused-ring (bicyclic) bond motifs is 2. The van der Waals surface area contributed by atoms with E-state index in [1.165, 1.54) is 12.3 Å². The summed E-state index contributed by atoms with van der Waals surface area (Å²) in [6.07, 6.45) is 0.594. The van der Waals surface area contributed by atoms with Gasteiger partial charge in [-0.3, -0.25) is 4.79 Å². The molecule has 1 aromatic heterocycles. The lowest BCUT2D eigenvalue weighted by molar-refractivity contribution is -0.135. The fourth-order valence-corrected chi connectivity index (χ4v) is 5.47. The number of hydrogen-bond acceptors (Lipinski definition) is 7. The minimum Gasteiger partial charge on any atom is -0.490 e. The average molecular weight is 469 g/mol. The Kier molecular flexibility index (Phi) is 5.34. The first-order valence-electron chi connectivity index (χ1n) is 10.7. The van der Waals surface area contributed by atoms with Crippen LogP contribution in [0.4, 0.5) is 5.69 Å². The van der Waals surface area contributed by atoms with E-state index in [0.717, 1.165) is 9.65 Å². The number of ether oxygens (including phenoxy) is 1. The van der Waals surface area contributed by atoms with Gasteiger partial charge >= 0.3 is 0 Å². The van der Waals surface area contributed by atoms with Crippen LogP contribution in [0.1, 0.15) is 29.7 Å². The molecule has 0 radical (unpaired) electrons. The quantitative estimate of drug-likeness (QED) is 0.588. The molecule has 0 saturated heterocycles. The number of carbonyl (C=O) groups excluding carboxylic acids is 1. The lowest BCUT2D eigenvalue weighted by Crippen LogP contribution is -2.36. The molecule has 0 aliphatic carbocycles. The fourth-order valence-electron chi connectivity index (χ4n) is 4.28. The molecular formula is C23H24N4O5S. The van der Waals surface area contributed by atoms with Crippen LogP contribution in [0.25, 0.3) is 0 Å². The number of nitrogens with zero attached hydrogens (tertiary/aromatic N) is 3. The third kappa shape index (κ3) is 3.85. The number of hydrogen-bond donors (Lipinski definition) is 2. The topological polar surface area (TPSA) is 114 Å². The SMILES string of the molecule is C[C@H](O)[C@@H](C(=O)N1Cc2cn(S(=O)(=O)c3ccc4c(c3)NCCO4)nc2C1)c1ccccc1. The van der Waals surface area contributed by atoms with Gasteiger partial charge in [0.2, 0.25) is 5.91 Å². The van der Waals surface area contributed by atoms with Gasteiger partial charge in [0.1, 0.15) is 12.4 Å². The second kappa shape index (κ2) is 8.20. The van der Waals surface area contributed by atoms with Gasteiger partial charge in [0.05, 0.1) is 34.8 Å². The van der Waals surface area contributed by atoms with Gasteiger partial charge in [0.15, 0.2) is 0 Å². The second-order valence-electron chi connectivity index (χ2n) is 8.24. The molecule has 2 aliphatic heterocycles. The molecule has 3 aromatic rings. The molecular weight excluding hydrogens is 444 g/mol. The van der Waals surface area contributed by atoms with Crippen molar-refractivity contribution >= 4 is 21.6 Å². The molecule has 1 amide bonds. The summed E-state index contributed by atoms with van der Waals surface area (Å²) in [4.78, 5) is 14.9. The van der Waals surface area contributed by atoms with Crippen LogP contribution in [0.5, 0.6) is 5.75 Å². The van der Waals surface area contributed by atoms with Crippen LogP contribution in [0.2, 0.25) is 0 Å². The first-order valence-corrected chi connectivity index (χ1v) is 12.1. The van der Waals surface area contributed by atoms with E-state index in [1.54, 1.807) is 24.0 Å². The molecule has 2 aromatic carbocycles. The Bertz CT molecular complexity index is 1280. The zero-order valence-corrected chi connectivity index (χ0v) is 18.8. The van der Waals surface area contributed by atoms with E-state index in [4.69, 9.17) is 4.74 Å². The molecule has 2 aliphatic rings. The number of aliphatic hydroxyl groups excluding tert-OH is 1. The van der Waals surface area contributed by atoms with Gasteiger partial charge < -0.3 is 20.1 Å². The van der Waals surface area contributed by atoms with E-state index in [0.29, 0.717) is 35.8 Å². The minimum absolute atomic E-state index is 0.103. The Morgan fingerprint density at radius 3 is 2.70 bits per heavy atom. The average Bonchev–Trinajstić information content (AvgIpc) is 3.39. The molecule has 9 nitrogen and oxygen atoms in total. The summed E-state index contributed by atoms with van der Waals surface area (Å²) in [6.45, 7) is 3.15. The summed E-state index contributed by atoms with van der Waals surface area (Å²) in [5.41, 5.74) is 2.57. The van der Waals surface area contributed by atoms with Crippen LogP contribution < -0.4 is 10.1 Å². The zero-order chi connectivity index (χ0) is 23.2. The molecule has 5 rings (SSSR count). The van der Waals surface area contributed by atoms with Crippen molar-refractivity contribution < 1.29 is 23.1 Å². The third-order valence-corrected chi connectivity index (χ3v) is 7.48. The fraction of sp³-hybridized carbons (Fsp3) is 0.304. The Hall–Kier alpha value is -3.37. The first-order chi connectivity index (χ1) is 15.8. The van der Waals surface area contributed by atoms with Crippen molar-refractivity contribution in [3.63, 3.8) is 0 Å². The van der Waals surface area contributed by atoms with Crippen molar-refractivity contribution in [1.29, 1.82) is 0 Å². The third-order valence-electron chi connectivity index (χ3n) is 5.95. The maximum atomic E-state index is 13.2. The van der Waals surface area contributed by atoms with Gasteiger partial charge in [-0.1, -0.05) is 30.3 Å². The first kappa shape index (κ1) is 21.5. The summed E-state index contributed by atoms with van der Waals surface area (Å²) in [6, 6.07) is 13.8. The standard InChI is InChI=1S/C23H24N4O5S/c1-15(28)22(16-5-3-2-4-6-16)23(29)26-12-17-13-27(25-20(17)14-26)33(30,31)18-7-8-21-19(11-18)24-9-10-32-21/h2-8,11,13,15,22,24,28H,9-10,12,14H2,1H3/t15-,22+/m0/s1. The van der Waals surface area contributed by atoms with Crippen LogP contribution in [0.3, 0.4) is 0 Å². The number of nitrogens with one attached hydrogen (secondary N) is 1. The lowest BCUT2D eigenvalue weighted by Gasteiger charge is -2.25. The summed E-state index contributed by atoms with van der Waals surface area (Å²) in [7, 11) is -3.89. The molecule has 3 heterocycles. The van der Waals surface area contributed by atoms with Gasteiger partial charge in [-0.25, -0.2) is 0 Å². The molecule has 0 fully saturated rings. The lowest BCUT2D eigenvalue weighted by atomic mass is 9.93. The Morgan fingerprint density at radius 1 is 1.18 bits per heavy atom. The van der Waals surface area contributed by atoms with Crippen molar-refractivity contribution in [3.05, 3.63) is 71.5 Å². The molecule has 172 valence electrons. The van der Waals surface area contributed by atoms with E-state index < -0.39 is 22.0 Å². The van der Waals surface area contributed by atoms with Gasteiger partial charge in [0, 0.05) is 24.8 Å². The second-order valence-corrected chi connectivity index (χ2v) is 10.0. The van der Waals surface area contributed by atoms with Crippen LogP contribution in [-0.2, 0) is 27.9 Å².